The average Bonchev–Trinajstić information content (AvgIpc) is 2.57. The number of carbonyl (C=O) groups excluding carboxylic acids is 2. The maximum atomic E-state index is 12.2. The Kier molecular flexibility index (Phi) is 5.05. The minimum absolute atomic E-state index is 0.123. The fourth-order valence-electron chi connectivity index (χ4n) is 2.41. The third kappa shape index (κ3) is 3.89. The van der Waals surface area contributed by atoms with Gasteiger partial charge in [-0.25, -0.2) is 0 Å². The number of benzene rings is 2. The molecule has 0 spiro atoms. The normalized spacial score (nSPS) is 16.0. The van der Waals surface area contributed by atoms with Gasteiger partial charge in [-0.15, -0.1) is 11.8 Å². The molecule has 0 saturated carbocycles. The van der Waals surface area contributed by atoms with Gasteiger partial charge in [-0.05, 0) is 43.3 Å². The molecular weight excluding hydrogens is 324 g/mol. The van der Waals surface area contributed by atoms with Crippen molar-refractivity contribution in [1.29, 1.82) is 0 Å². The van der Waals surface area contributed by atoms with Gasteiger partial charge in [0.2, 0.25) is 11.8 Å². The molecule has 0 radical (unpaired) electrons. The van der Waals surface area contributed by atoms with Crippen LogP contribution in [0.3, 0.4) is 0 Å². The standard InChI is InChI=1S/C18H18N2O3S/c1-2-23-13-9-7-12(8-10-13)19-17(21)11-16-18(22)20-14-5-3-4-6-15(14)24-16/h3-10,16H,2,11H2,1H3,(H,19,21)(H,20,22)/t16-/m1/s1. The molecule has 1 aliphatic heterocycles. The van der Waals surface area contributed by atoms with Gasteiger partial charge in [0.15, 0.2) is 0 Å². The van der Waals surface area contributed by atoms with E-state index >= 15 is 0 Å². The fourth-order valence-corrected chi connectivity index (χ4v) is 3.52. The smallest absolute Gasteiger partial charge is 0.238 e. The van der Waals surface area contributed by atoms with Crippen LogP contribution in [0.2, 0.25) is 0 Å². The Bertz CT molecular complexity index is 746. The third-order valence-corrected chi connectivity index (χ3v) is 4.80. The summed E-state index contributed by atoms with van der Waals surface area (Å²) in [7, 11) is 0. The number of ether oxygens (including phenoxy) is 1. The highest BCUT2D eigenvalue weighted by molar-refractivity contribution is 8.01. The van der Waals surface area contributed by atoms with Crippen LogP contribution < -0.4 is 15.4 Å². The first-order valence-corrected chi connectivity index (χ1v) is 8.63. The number of amides is 2. The van der Waals surface area contributed by atoms with E-state index in [9.17, 15) is 9.59 Å². The topological polar surface area (TPSA) is 67.4 Å². The van der Waals surface area contributed by atoms with E-state index in [0.29, 0.717) is 12.3 Å². The van der Waals surface area contributed by atoms with E-state index in [-0.39, 0.29) is 18.2 Å². The fraction of sp³-hybridized carbons (Fsp3) is 0.222. The zero-order valence-electron chi connectivity index (χ0n) is 13.2. The molecule has 0 unspecified atom stereocenters. The number of thioether (sulfide) groups is 1. The van der Waals surface area contributed by atoms with Crippen LogP contribution >= 0.6 is 11.8 Å². The maximum absolute atomic E-state index is 12.2. The molecule has 0 aliphatic carbocycles. The molecule has 124 valence electrons. The van der Waals surface area contributed by atoms with E-state index in [4.69, 9.17) is 4.74 Å². The first-order valence-electron chi connectivity index (χ1n) is 7.75. The second kappa shape index (κ2) is 7.40. The predicted molar refractivity (Wildman–Crippen MR) is 95.6 cm³/mol. The number of carbonyl (C=O) groups is 2. The summed E-state index contributed by atoms with van der Waals surface area (Å²) >= 11 is 1.42. The lowest BCUT2D eigenvalue weighted by atomic mass is 10.2. The number of hydrogen-bond acceptors (Lipinski definition) is 4. The summed E-state index contributed by atoms with van der Waals surface area (Å²) in [5, 5.41) is 5.23. The first kappa shape index (κ1) is 16.4. The Balaban J connectivity index is 1.60. The van der Waals surface area contributed by atoms with Gasteiger partial charge in [-0.2, -0.15) is 0 Å². The summed E-state index contributed by atoms with van der Waals surface area (Å²) in [5.41, 5.74) is 1.49. The molecule has 2 N–H and O–H groups in total. The van der Waals surface area contributed by atoms with Crippen molar-refractivity contribution < 1.29 is 14.3 Å². The average molecular weight is 342 g/mol. The lowest BCUT2D eigenvalue weighted by Gasteiger charge is -2.23. The largest absolute Gasteiger partial charge is 0.494 e. The third-order valence-electron chi connectivity index (χ3n) is 3.53. The lowest BCUT2D eigenvalue weighted by molar-refractivity contribution is -0.120. The SMILES string of the molecule is CCOc1ccc(NC(=O)C[C@H]2Sc3ccccc3NC2=O)cc1. The van der Waals surface area contributed by atoms with Gasteiger partial charge in [0.05, 0.1) is 17.5 Å². The lowest BCUT2D eigenvalue weighted by Crippen LogP contribution is -2.32. The minimum atomic E-state index is -0.428. The molecular formula is C18H18N2O3S. The quantitative estimate of drug-likeness (QED) is 0.872. The summed E-state index contributed by atoms with van der Waals surface area (Å²) in [5.74, 6) is 0.432. The Morgan fingerprint density at radius 1 is 1.21 bits per heavy atom. The number of nitrogens with one attached hydrogen (secondary N) is 2. The van der Waals surface area contributed by atoms with Crippen LogP contribution in [0.15, 0.2) is 53.4 Å². The highest BCUT2D eigenvalue weighted by Gasteiger charge is 2.28. The molecule has 1 heterocycles. The summed E-state index contributed by atoms with van der Waals surface area (Å²) in [6.45, 7) is 2.52. The molecule has 0 saturated heterocycles. The molecule has 2 amide bonds. The monoisotopic (exact) mass is 342 g/mol. The van der Waals surface area contributed by atoms with Crippen LogP contribution in [-0.2, 0) is 9.59 Å². The summed E-state index contributed by atoms with van der Waals surface area (Å²) in [6, 6.07) is 14.8. The minimum Gasteiger partial charge on any atom is -0.494 e. The molecule has 6 heteroatoms. The van der Waals surface area contributed by atoms with Crippen molar-refractivity contribution >= 4 is 35.0 Å². The molecule has 2 aromatic carbocycles. The van der Waals surface area contributed by atoms with Crippen molar-refractivity contribution in [2.75, 3.05) is 17.2 Å². The number of rotatable bonds is 5. The number of anilines is 2. The second-order valence-corrected chi connectivity index (χ2v) is 6.55. The van der Waals surface area contributed by atoms with Crippen molar-refractivity contribution in [2.24, 2.45) is 0 Å². The molecule has 1 aliphatic rings. The molecule has 0 aromatic heterocycles. The Hall–Kier alpha value is -2.47. The van der Waals surface area contributed by atoms with Gasteiger partial charge in [0, 0.05) is 17.0 Å². The Labute approximate surface area is 144 Å². The Morgan fingerprint density at radius 2 is 1.96 bits per heavy atom. The molecule has 24 heavy (non-hydrogen) atoms. The van der Waals surface area contributed by atoms with E-state index in [2.05, 4.69) is 10.6 Å². The summed E-state index contributed by atoms with van der Waals surface area (Å²) < 4.78 is 5.37. The molecule has 2 aromatic rings. The van der Waals surface area contributed by atoms with Gasteiger partial charge in [0.1, 0.15) is 5.75 Å². The van der Waals surface area contributed by atoms with Gasteiger partial charge in [-0.3, -0.25) is 9.59 Å². The van der Waals surface area contributed by atoms with Crippen LogP contribution in [-0.4, -0.2) is 23.7 Å². The van der Waals surface area contributed by atoms with E-state index in [1.807, 2.05) is 31.2 Å². The highest BCUT2D eigenvalue weighted by atomic mass is 32.2. The van der Waals surface area contributed by atoms with Gasteiger partial charge in [-0.1, -0.05) is 12.1 Å². The molecule has 3 rings (SSSR count). The van der Waals surface area contributed by atoms with Crippen molar-refractivity contribution in [3.05, 3.63) is 48.5 Å². The van der Waals surface area contributed by atoms with Crippen LogP contribution in [0, 0.1) is 0 Å². The molecule has 0 fully saturated rings. The van der Waals surface area contributed by atoms with Crippen LogP contribution in [0.25, 0.3) is 0 Å². The van der Waals surface area contributed by atoms with Gasteiger partial charge < -0.3 is 15.4 Å². The molecule has 0 bridgehead atoms. The first-order chi connectivity index (χ1) is 11.7. The van der Waals surface area contributed by atoms with Crippen LogP contribution in [0.5, 0.6) is 5.75 Å². The predicted octanol–water partition coefficient (Wildman–Crippen LogP) is 3.53. The van der Waals surface area contributed by atoms with E-state index in [1.54, 1.807) is 24.3 Å². The van der Waals surface area contributed by atoms with Crippen molar-refractivity contribution in [3.8, 4) is 5.75 Å². The molecule has 1 atom stereocenters. The number of para-hydroxylation sites is 1. The van der Waals surface area contributed by atoms with Crippen LogP contribution in [0.4, 0.5) is 11.4 Å². The van der Waals surface area contributed by atoms with E-state index in [0.717, 1.165) is 16.3 Å². The van der Waals surface area contributed by atoms with E-state index in [1.165, 1.54) is 11.8 Å². The summed E-state index contributed by atoms with van der Waals surface area (Å²) in [6.07, 6.45) is 0.123. The van der Waals surface area contributed by atoms with Gasteiger partial charge >= 0.3 is 0 Å². The van der Waals surface area contributed by atoms with Gasteiger partial charge in [0.25, 0.3) is 0 Å². The summed E-state index contributed by atoms with van der Waals surface area (Å²) in [4.78, 5) is 25.3. The van der Waals surface area contributed by atoms with E-state index < -0.39 is 5.25 Å². The zero-order chi connectivity index (χ0) is 16.9. The zero-order valence-corrected chi connectivity index (χ0v) is 14.1. The highest BCUT2D eigenvalue weighted by Crippen LogP contribution is 2.36. The maximum Gasteiger partial charge on any atom is 0.238 e. The molecule has 5 nitrogen and oxygen atoms in total. The number of fused-ring (bicyclic) bond motifs is 1. The van der Waals surface area contributed by atoms with Crippen molar-refractivity contribution in [1.82, 2.24) is 0 Å². The Morgan fingerprint density at radius 3 is 2.71 bits per heavy atom. The van der Waals surface area contributed by atoms with Crippen molar-refractivity contribution in [3.63, 3.8) is 0 Å². The second-order valence-electron chi connectivity index (χ2n) is 5.30. The number of hydrogen-bond donors (Lipinski definition) is 2. The van der Waals surface area contributed by atoms with Crippen molar-refractivity contribution in [2.45, 2.75) is 23.5 Å². The van der Waals surface area contributed by atoms with Crippen LogP contribution in [0.1, 0.15) is 13.3 Å².